The normalized spacial score (nSPS) is 11.6. The van der Waals surface area contributed by atoms with Gasteiger partial charge in [0.05, 0.1) is 28.5 Å². The summed E-state index contributed by atoms with van der Waals surface area (Å²) in [6.45, 7) is 5.93. The Morgan fingerprint density at radius 3 is 2.68 bits per heavy atom. The topological polar surface area (TPSA) is 68.0 Å². The van der Waals surface area contributed by atoms with Crippen molar-refractivity contribution in [2.45, 2.75) is 20.8 Å². The number of nitrogens with one attached hydrogen (secondary N) is 1. The maximum absolute atomic E-state index is 13.2. The fraction of sp³-hybridized carbons (Fsp3) is 0.158. The highest BCUT2D eigenvalue weighted by Crippen LogP contribution is 2.32. The summed E-state index contributed by atoms with van der Waals surface area (Å²) in [5.74, 6) is 0.327. The van der Waals surface area contributed by atoms with Crippen molar-refractivity contribution in [3.63, 3.8) is 0 Å². The second-order valence-corrected chi connectivity index (χ2v) is 7.80. The van der Waals surface area contributed by atoms with Gasteiger partial charge in [-0.05, 0) is 50.6 Å². The Hall–Kier alpha value is -2.84. The second kappa shape index (κ2) is 7.29. The molecule has 0 atom stereocenters. The lowest BCUT2D eigenvalue weighted by Crippen LogP contribution is -1.97. The third-order valence-electron chi connectivity index (χ3n) is 4.45. The molecule has 3 aromatic heterocycles. The molecule has 0 fully saturated rings. The van der Waals surface area contributed by atoms with Crippen molar-refractivity contribution in [1.82, 2.24) is 19.7 Å². The molecule has 0 spiro atoms. The molecule has 0 saturated heterocycles. The monoisotopic (exact) mass is 414 g/mol. The Labute approximate surface area is 169 Å². The van der Waals surface area contributed by atoms with Gasteiger partial charge >= 0.3 is 0 Å². The lowest BCUT2D eigenvalue weighted by atomic mass is 10.2. The fourth-order valence-electron chi connectivity index (χ4n) is 2.84. The van der Waals surface area contributed by atoms with Crippen LogP contribution >= 0.6 is 22.9 Å². The number of rotatable bonds is 4. The average molecular weight is 415 g/mol. The molecule has 0 aliphatic rings. The summed E-state index contributed by atoms with van der Waals surface area (Å²) in [6, 6.07) is 5.96. The summed E-state index contributed by atoms with van der Waals surface area (Å²) >= 11 is 8.10. The van der Waals surface area contributed by atoms with Crippen LogP contribution in [0.5, 0.6) is 0 Å². The van der Waals surface area contributed by atoms with Crippen LogP contribution in [0, 0.1) is 26.6 Å². The predicted molar refractivity (Wildman–Crippen MR) is 111 cm³/mol. The van der Waals surface area contributed by atoms with Crippen molar-refractivity contribution in [2.75, 3.05) is 5.43 Å². The summed E-state index contributed by atoms with van der Waals surface area (Å²) in [6.07, 6.45) is 3.12. The Morgan fingerprint density at radius 2 is 1.93 bits per heavy atom. The molecule has 0 bridgehead atoms. The molecule has 0 aliphatic heterocycles. The number of aryl methyl sites for hydroxylation is 3. The van der Waals surface area contributed by atoms with Crippen LogP contribution < -0.4 is 5.43 Å². The highest BCUT2D eigenvalue weighted by molar-refractivity contribution is 7.18. The summed E-state index contributed by atoms with van der Waals surface area (Å²) in [7, 11) is 0. The van der Waals surface area contributed by atoms with Crippen molar-refractivity contribution in [3.05, 3.63) is 63.3 Å². The van der Waals surface area contributed by atoms with Crippen LogP contribution in [0.2, 0.25) is 5.15 Å². The van der Waals surface area contributed by atoms with Crippen molar-refractivity contribution >= 4 is 45.2 Å². The van der Waals surface area contributed by atoms with Gasteiger partial charge in [0, 0.05) is 4.88 Å². The molecule has 3 heterocycles. The largest absolute Gasteiger partial charge is 0.261 e. The van der Waals surface area contributed by atoms with E-state index < -0.39 is 0 Å². The Balaban J connectivity index is 1.64. The summed E-state index contributed by atoms with van der Waals surface area (Å²) in [4.78, 5) is 10.7. The third-order valence-corrected chi connectivity index (χ3v) is 5.93. The van der Waals surface area contributed by atoms with Gasteiger partial charge in [0.25, 0.3) is 0 Å². The predicted octanol–water partition coefficient (Wildman–Crippen LogP) is 5.04. The Bertz CT molecular complexity index is 1200. The van der Waals surface area contributed by atoms with E-state index in [1.807, 2.05) is 13.8 Å². The van der Waals surface area contributed by atoms with Gasteiger partial charge in [-0.3, -0.25) is 5.43 Å². The molecule has 28 heavy (non-hydrogen) atoms. The zero-order valence-corrected chi connectivity index (χ0v) is 16.9. The lowest BCUT2D eigenvalue weighted by Gasteiger charge is -2.03. The van der Waals surface area contributed by atoms with E-state index in [0.29, 0.717) is 27.9 Å². The van der Waals surface area contributed by atoms with Crippen molar-refractivity contribution in [3.8, 4) is 5.69 Å². The smallest absolute Gasteiger partial charge is 0.158 e. The summed E-state index contributed by atoms with van der Waals surface area (Å²) in [5, 5.41) is 10.1. The minimum Gasteiger partial charge on any atom is -0.261 e. The molecule has 6 nitrogen and oxygen atoms in total. The minimum atomic E-state index is -0.315. The molecular formula is C19H16ClFN6S. The molecule has 4 rings (SSSR count). The molecule has 9 heteroatoms. The number of hydrogen-bond acceptors (Lipinski definition) is 6. The fourth-order valence-corrected chi connectivity index (χ4v) is 4.15. The van der Waals surface area contributed by atoms with Crippen LogP contribution in [-0.4, -0.2) is 26.0 Å². The molecule has 4 aromatic rings. The van der Waals surface area contributed by atoms with Crippen molar-refractivity contribution in [1.29, 1.82) is 0 Å². The Kier molecular flexibility index (Phi) is 4.82. The quantitative estimate of drug-likeness (QED) is 0.375. The van der Waals surface area contributed by atoms with Gasteiger partial charge in [0.15, 0.2) is 5.82 Å². The maximum Gasteiger partial charge on any atom is 0.158 e. The van der Waals surface area contributed by atoms with Crippen molar-refractivity contribution < 1.29 is 4.39 Å². The van der Waals surface area contributed by atoms with Gasteiger partial charge in [0.1, 0.15) is 22.1 Å². The van der Waals surface area contributed by atoms with Gasteiger partial charge in [-0.1, -0.05) is 11.6 Å². The van der Waals surface area contributed by atoms with E-state index >= 15 is 0 Å². The number of anilines is 1. The van der Waals surface area contributed by atoms with E-state index in [1.54, 1.807) is 34.4 Å². The zero-order chi connectivity index (χ0) is 19.8. The van der Waals surface area contributed by atoms with Crippen LogP contribution in [-0.2, 0) is 0 Å². The first-order chi connectivity index (χ1) is 13.5. The van der Waals surface area contributed by atoms with Crippen LogP contribution in [0.25, 0.3) is 15.9 Å². The minimum absolute atomic E-state index is 0.315. The molecule has 1 N–H and O–H groups in total. The second-order valence-electron chi connectivity index (χ2n) is 6.23. The van der Waals surface area contributed by atoms with Crippen LogP contribution in [0.1, 0.15) is 21.7 Å². The molecular weight excluding hydrogens is 399 g/mol. The van der Waals surface area contributed by atoms with E-state index in [-0.39, 0.29) is 5.82 Å². The molecule has 1 aromatic carbocycles. The van der Waals surface area contributed by atoms with E-state index in [2.05, 4.69) is 32.5 Å². The molecule has 0 saturated carbocycles. The number of fused-ring (bicyclic) bond motifs is 1. The van der Waals surface area contributed by atoms with Gasteiger partial charge < -0.3 is 0 Å². The molecule has 0 radical (unpaired) electrons. The van der Waals surface area contributed by atoms with Gasteiger partial charge in [-0.15, -0.1) is 11.3 Å². The van der Waals surface area contributed by atoms with Crippen LogP contribution in [0.4, 0.5) is 10.2 Å². The third kappa shape index (κ3) is 3.25. The number of hydrazone groups is 1. The van der Waals surface area contributed by atoms with E-state index in [9.17, 15) is 4.39 Å². The number of halogens is 2. The van der Waals surface area contributed by atoms with Gasteiger partial charge in [0.2, 0.25) is 0 Å². The zero-order valence-electron chi connectivity index (χ0n) is 15.4. The Morgan fingerprint density at radius 1 is 1.18 bits per heavy atom. The molecule has 0 unspecified atom stereocenters. The van der Waals surface area contributed by atoms with Crippen LogP contribution in [0.3, 0.4) is 0 Å². The average Bonchev–Trinajstić information content (AvgIpc) is 3.13. The maximum atomic E-state index is 13.2. The van der Waals surface area contributed by atoms with E-state index in [4.69, 9.17) is 11.6 Å². The first kappa shape index (κ1) is 18.5. The molecule has 0 amide bonds. The number of aromatic nitrogens is 4. The lowest BCUT2D eigenvalue weighted by molar-refractivity contribution is 0.627. The number of nitrogens with zero attached hydrogens (tertiary/aromatic N) is 5. The number of thiophene rings is 1. The summed E-state index contributed by atoms with van der Waals surface area (Å²) in [5.41, 5.74) is 6.16. The number of benzene rings is 1. The van der Waals surface area contributed by atoms with Gasteiger partial charge in [-0.2, -0.15) is 10.2 Å². The first-order valence-corrected chi connectivity index (χ1v) is 9.66. The van der Waals surface area contributed by atoms with Crippen LogP contribution in [0.15, 0.2) is 35.7 Å². The highest BCUT2D eigenvalue weighted by atomic mass is 35.5. The standard InChI is InChI=1S/C19H16ClFN6S/c1-10-12(3)28-19-16(10)18(22-9-23-19)25-24-8-15-11(2)26-27(17(15)20)14-6-4-13(21)5-7-14/h4-9H,1-3H3,(H,22,23,25)/b24-8-. The van der Waals surface area contributed by atoms with E-state index in [0.717, 1.165) is 15.8 Å². The van der Waals surface area contributed by atoms with Gasteiger partial charge in [-0.25, -0.2) is 19.0 Å². The van der Waals surface area contributed by atoms with Crippen molar-refractivity contribution in [2.24, 2.45) is 5.10 Å². The highest BCUT2D eigenvalue weighted by Gasteiger charge is 2.14. The molecule has 0 aliphatic carbocycles. The SMILES string of the molecule is Cc1nn(-c2ccc(F)cc2)c(Cl)c1/C=N\Nc1ncnc2sc(C)c(C)c12. The summed E-state index contributed by atoms with van der Waals surface area (Å²) < 4.78 is 14.7. The number of hydrogen-bond donors (Lipinski definition) is 1. The first-order valence-electron chi connectivity index (χ1n) is 8.46. The molecule has 142 valence electrons. The van der Waals surface area contributed by atoms with E-state index in [1.165, 1.54) is 23.3 Å².